The van der Waals surface area contributed by atoms with Gasteiger partial charge in [0.1, 0.15) is 0 Å². The van der Waals surface area contributed by atoms with Crippen molar-refractivity contribution < 1.29 is 14.2 Å². The van der Waals surface area contributed by atoms with Crippen molar-refractivity contribution in [3.8, 4) is 0 Å². The van der Waals surface area contributed by atoms with Crippen LogP contribution in [-0.4, -0.2) is 25.3 Å². The quantitative estimate of drug-likeness (QED) is 0.640. The van der Waals surface area contributed by atoms with Crippen LogP contribution in [0.25, 0.3) is 0 Å². The highest BCUT2D eigenvalue weighted by atomic mass is 16.8. The average Bonchev–Trinajstić information content (AvgIpc) is 2.32. The van der Waals surface area contributed by atoms with Crippen LogP contribution < -0.4 is 0 Å². The van der Waals surface area contributed by atoms with Crippen LogP contribution in [0.15, 0.2) is 0 Å². The molecule has 1 saturated heterocycles. The fraction of sp³-hybridized carbons (Fsp3) is 1.00. The van der Waals surface area contributed by atoms with Gasteiger partial charge in [0.15, 0.2) is 12.6 Å². The average molecular weight is 174 g/mol. The van der Waals surface area contributed by atoms with Crippen molar-refractivity contribution in [3.05, 3.63) is 0 Å². The van der Waals surface area contributed by atoms with Crippen LogP contribution in [0.3, 0.4) is 0 Å². The van der Waals surface area contributed by atoms with Gasteiger partial charge in [-0.15, -0.1) is 0 Å². The third kappa shape index (κ3) is 3.09. The first-order valence-corrected chi connectivity index (χ1v) is 4.37. The summed E-state index contributed by atoms with van der Waals surface area (Å²) in [7, 11) is 1.66. The monoisotopic (exact) mass is 174 g/mol. The van der Waals surface area contributed by atoms with Gasteiger partial charge in [-0.2, -0.15) is 0 Å². The van der Waals surface area contributed by atoms with E-state index in [4.69, 9.17) is 14.2 Å². The summed E-state index contributed by atoms with van der Waals surface area (Å²) in [5.74, 6) is 0. The Bertz CT molecular complexity index is 139. The smallest absolute Gasteiger partial charge is 0.161 e. The lowest BCUT2D eigenvalue weighted by atomic mass is 10.2. The van der Waals surface area contributed by atoms with Gasteiger partial charge in [-0.05, 0) is 20.8 Å². The van der Waals surface area contributed by atoms with E-state index in [1.165, 1.54) is 0 Å². The van der Waals surface area contributed by atoms with Crippen molar-refractivity contribution in [3.63, 3.8) is 0 Å². The lowest BCUT2D eigenvalue weighted by molar-refractivity contribution is -0.227. The second-order valence-corrected chi connectivity index (χ2v) is 4.04. The molecule has 0 aromatic carbocycles. The van der Waals surface area contributed by atoms with E-state index in [0.29, 0.717) is 0 Å². The lowest BCUT2D eigenvalue weighted by Crippen LogP contribution is -2.27. The highest BCUT2D eigenvalue weighted by Crippen LogP contribution is 2.24. The molecule has 0 aliphatic carbocycles. The van der Waals surface area contributed by atoms with E-state index in [1.807, 2.05) is 20.8 Å². The summed E-state index contributed by atoms with van der Waals surface area (Å²) in [4.78, 5) is 0. The van der Waals surface area contributed by atoms with Gasteiger partial charge in [0.2, 0.25) is 0 Å². The van der Waals surface area contributed by atoms with Gasteiger partial charge in [-0.25, -0.2) is 0 Å². The van der Waals surface area contributed by atoms with Crippen LogP contribution in [0, 0.1) is 0 Å². The SMILES string of the molecule is COC1CCC(OC(C)(C)C)O1. The minimum atomic E-state index is -0.132. The third-order valence-electron chi connectivity index (χ3n) is 1.69. The van der Waals surface area contributed by atoms with Gasteiger partial charge < -0.3 is 14.2 Å². The van der Waals surface area contributed by atoms with Gasteiger partial charge in [0.25, 0.3) is 0 Å². The molecule has 0 bridgehead atoms. The molecule has 1 heterocycles. The summed E-state index contributed by atoms with van der Waals surface area (Å²) in [6, 6.07) is 0. The highest BCUT2D eigenvalue weighted by Gasteiger charge is 2.28. The molecule has 72 valence electrons. The standard InChI is InChI=1S/C9H18O3/c1-9(2,3)12-8-6-5-7(10-4)11-8/h7-8H,5-6H2,1-4H3. The molecule has 3 nitrogen and oxygen atoms in total. The minimum absolute atomic E-state index is 0.0719. The van der Waals surface area contributed by atoms with Crippen molar-refractivity contribution in [2.24, 2.45) is 0 Å². The fourth-order valence-electron chi connectivity index (χ4n) is 1.23. The Morgan fingerprint density at radius 2 is 1.75 bits per heavy atom. The van der Waals surface area contributed by atoms with E-state index in [-0.39, 0.29) is 18.2 Å². The second kappa shape index (κ2) is 3.73. The topological polar surface area (TPSA) is 27.7 Å². The summed E-state index contributed by atoms with van der Waals surface area (Å²) >= 11 is 0. The number of rotatable bonds is 2. The van der Waals surface area contributed by atoms with Crippen LogP contribution in [0.5, 0.6) is 0 Å². The Morgan fingerprint density at radius 1 is 1.17 bits per heavy atom. The maximum absolute atomic E-state index is 5.63. The second-order valence-electron chi connectivity index (χ2n) is 4.04. The summed E-state index contributed by atoms with van der Waals surface area (Å²) in [5, 5.41) is 0. The molecule has 2 atom stereocenters. The molecule has 1 aliphatic heterocycles. The molecule has 3 heteroatoms. The first kappa shape index (κ1) is 9.96. The van der Waals surface area contributed by atoms with Crippen LogP contribution in [-0.2, 0) is 14.2 Å². The molecule has 0 saturated carbocycles. The van der Waals surface area contributed by atoms with Crippen molar-refractivity contribution in [1.29, 1.82) is 0 Å². The molecule has 0 radical (unpaired) electrons. The molecule has 2 unspecified atom stereocenters. The van der Waals surface area contributed by atoms with E-state index in [0.717, 1.165) is 12.8 Å². The van der Waals surface area contributed by atoms with Crippen LogP contribution in [0.4, 0.5) is 0 Å². The lowest BCUT2D eigenvalue weighted by Gasteiger charge is -2.24. The van der Waals surface area contributed by atoms with E-state index < -0.39 is 0 Å². The summed E-state index contributed by atoms with van der Waals surface area (Å²) < 4.78 is 16.1. The predicted molar refractivity (Wildman–Crippen MR) is 45.7 cm³/mol. The van der Waals surface area contributed by atoms with E-state index >= 15 is 0 Å². The normalized spacial score (nSPS) is 31.0. The Labute approximate surface area is 74.0 Å². The van der Waals surface area contributed by atoms with Gasteiger partial charge in [0, 0.05) is 20.0 Å². The van der Waals surface area contributed by atoms with Crippen molar-refractivity contribution >= 4 is 0 Å². The predicted octanol–water partition coefficient (Wildman–Crippen LogP) is 1.91. The molecule has 0 N–H and O–H groups in total. The zero-order valence-corrected chi connectivity index (χ0v) is 8.29. The zero-order chi connectivity index (χ0) is 9.19. The molecule has 0 spiro atoms. The van der Waals surface area contributed by atoms with Crippen LogP contribution >= 0.6 is 0 Å². The molecule has 12 heavy (non-hydrogen) atoms. The molecule has 1 rings (SSSR count). The van der Waals surface area contributed by atoms with Crippen LogP contribution in [0.1, 0.15) is 33.6 Å². The van der Waals surface area contributed by atoms with Gasteiger partial charge in [-0.1, -0.05) is 0 Å². The third-order valence-corrected chi connectivity index (χ3v) is 1.69. The number of hydrogen-bond acceptors (Lipinski definition) is 3. The van der Waals surface area contributed by atoms with Gasteiger partial charge in [-0.3, -0.25) is 0 Å². The first-order chi connectivity index (χ1) is 5.51. The Kier molecular flexibility index (Phi) is 3.09. The molecule has 0 aromatic heterocycles. The number of methoxy groups -OCH3 is 1. The van der Waals surface area contributed by atoms with E-state index in [9.17, 15) is 0 Å². The summed E-state index contributed by atoms with van der Waals surface area (Å²) in [5.41, 5.74) is -0.132. The summed E-state index contributed by atoms with van der Waals surface area (Å²) in [6.07, 6.45) is 1.69. The minimum Gasteiger partial charge on any atom is -0.356 e. The molecule has 0 amide bonds. The maximum atomic E-state index is 5.63. The Balaban J connectivity index is 2.28. The molecular weight excluding hydrogens is 156 g/mol. The van der Waals surface area contributed by atoms with Gasteiger partial charge in [0.05, 0.1) is 5.60 Å². The Hall–Kier alpha value is -0.120. The number of hydrogen-bond donors (Lipinski definition) is 0. The molecule has 1 aliphatic rings. The molecular formula is C9H18O3. The Morgan fingerprint density at radius 3 is 2.17 bits per heavy atom. The molecule has 0 aromatic rings. The zero-order valence-electron chi connectivity index (χ0n) is 8.29. The van der Waals surface area contributed by atoms with E-state index in [1.54, 1.807) is 7.11 Å². The molecule has 1 fully saturated rings. The fourth-order valence-corrected chi connectivity index (χ4v) is 1.23. The summed E-state index contributed by atoms with van der Waals surface area (Å²) in [6.45, 7) is 6.07. The maximum Gasteiger partial charge on any atom is 0.161 e. The highest BCUT2D eigenvalue weighted by molar-refractivity contribution is 4.66. The van der Waals surface area contributed by atoms with E-state index in [2.05, 4.69) is 0 Å². The van der Waals surface area contributed by atoms with Crippen molar-refractivity contribution in [2.45, 2.75) is 51.8 Å². The largest absolute Gasteiger partial charge is 0.356 e. The first-order valence-electron chi connectivity index (χ1n) is 4.37. The van der Waals surface area contributed by atoms with Crippen molar-refractivity contribution in [2.75, 3.05) is 7.11 Å². The van der Waals surface area contributed by atoms with Gasteiger partial charge >= 0.3 is 0 Å². The number of ether oxygens (including phenoxy) is 3. The van der Waals surface area contributed by atoms with Crippen LogP contribution in [0.2, 0.25) is 0 Å². The van der Waals surface area contributed by atoms with Crippen molar-refractivity contribution in [1.82, 2.24) is 0 Å².